The molecule has 1 amide bonds. The number of nitrogens with zero attached hydrogens (tertiary/aromatic N) is 1. The van der Waals surface area contributed by atoms with Crippen molar-refractivity contribution in [2.45, 2.75) is 12.8 Å². The quantitative estimate of drug-likeness (QED) is 0.852. The fourth-order valence-corrected chi connectivity index (χ4v) is 2.96. The molecule has 1 heterocycles. The number of phenols is 1. The Bertz CT molecular complexity index is 448. The fourth-order valence-electron chi connectivity index (χ4n) is 1.72. The van der Waals surface area contributed by atoms with Gasteiger partial charge in [-0.1, -0.05) is 36.1 Å². The zero-order chi connectivity index (χ0) is 12.3. The third-order valence-corrected chi connectivity index (χ3v) is 4.03. The van der Waals surface area contributed by atoms with Crippen LogP contribution in [0.2, 0.25) is 0 Å². The Hall–Kier alpha value is -1.07. The molecule has 1 fully saturated rings. The van der Waals surface area contributed by atoms with Gasteiger partial charge in [-0.25, -0.2) is 0 Å². The summed E-state index contributed by atoms with van der Waals surface area (Å²) in [4.78, 5) is 13.5. The van der Waals surface area contributed by atoms with Crippen LogP contribution < -0.4 is 0 Å². The normalized spacial score (nSPS) is 15.3. The highest BCUT2D eigenvalue weighted by molar-refractivity contribution is 8.23. The van der Waals surface area contributed by atoms with Gasteiger partial charge in [0.05, 0.1) is 0 Å². The molecule has 1 saturated heterocycles. The average molecular weight is 267 g/mol. The van der Waals surface area contributed by atoms with Gasteiger partial charge in [0.2, 0.25) is 5.91 Å². The first kappa shape index (κ1) is 12.4. The maximum atomic E-state index is 11.9. The van der Waals surface area contributed by atoms with Crippen LogP contribution in [0.4, 0.5) is 0 Å². The molecule has 0 unspecified atom stereocenters. The molecule has 0 saturated carbocycles. The van der Waals surface area contributed by atoms with Gasteiger partial charge in [0.15, 0.2) is 0 Å². The second-order valence-electron chi connectivity index (χ2n) is 3.83. The molecule has 90 valence electrons. The van der Waals surface area contributed by atoms with E-state index >= 15 is 0 Å². The number of aryl methyl sites for hydroxylation is 1. The van der Waals surface area contributed by atoms with Gasteiger partial charge in [-0.15, -0.1) is 0 Å². The number of benzene rings is 1. The van der Waals surface area contributed by atoms with Crippen LogP contribution in [0.15, 0.2) is 24.3 Å². The highest BCUT2D eigenvalue weighted by Gasteiger charge is 2.23. The Morgan fingerprint density at radius 2 is 2.35 bits per heavy atom. The van der Waals surface area contributed by atoms with Crippen molar-refractivity contribution in [3.8, 4) is 5.75 Å². The monoisotopic (exact) mass is 267 g/mol. The van der Waals surface area contributed by atoms with Gasteiger partial charge in [0, 0.05) is 18.7 Å². The number of aromatic hydroxyl groups is 1. The largest absolute Gasteiger partial charge is 0.508 e. The maximum Gasteiger partial charge on any atom is 0.228 e. The number of thioether (sulfide) groups is 1. The molecule has 1 aliphatic heterocycles. The van der Waals surface area contributed by atoms with Crippen LogP contribution >= 0.6 is 24.0 Å². The van der Waals surface area contributed by atoms with Crippen LogP contribution in [-0.2, 0) is 11.2 Å². The number of rotatable bonds is 3. The third kappa shape index (κ3) is 3.20. The van der Waals surface area contributed by atoms with Crippen molar-refractivity contribution in [3.05, 3.63) is 29.8 Å². The van der Waals surface area contributed by atoms with Gasteiger partial charge >= 0.3 is 0 Å². The van der Waals surface area contributed by atoms with Crippen LogP contribution in [0.25, 0.3) is 0 Å². The Morgan fingerprint density at radius 1 is 1.53 bits per heavy atom. The molecule has 0 aromatic heterocycles. The molecular weight excluding hydrogens is 254 g/mol. The Balaban J connectivity index is 1.90. The summed E-state index contributed by atoms with van der Waals surface area (Å²) in [5.74, 6) is 1.21. The summed E-state index contributed by atoms with van der Waals surface area (Å²) in [6, 6.07) is 7.00. The van der Waals surface area contributed by atoms with Gasteiger partial charge in [0.1, 0.15) is 10.1 Å². The molecule has 3 nitrogen and oxygen atoms in total. The summed E-state index contributed by atoms with van der Waals surface area (Å²) >= 11 is 6.65. The molecule has 2 rings (SSSR count). The molecule has 17 heavy (non-hydrogen) atoms. The van der Waals surface area contributed by atoms with Crippen LogP contribution in [0, 0.1) is 0 Å². The van der Waals surface area contributed by atoms with Crippen LogP contribution in [-0.4, -0.2) is 32.5 Å². The molecule has 0 bridgehead atoms. The van der Waals surface area contributed by atoms with Crippen molar-refractivity contribution < 1.29 is 9.90 Å². The summed E-state index contributed by atoms with van der Waals surface area (Å²) in [5, 5.41) is 9.31. The average Bonchev–Trinajstić information content (AvgIpc) is 2.72. The van der Waals surface area contributed by atoms with Crippen molar-refractivity contribution >= 4 is 34.2 Å². The fraction of sp³-hybridized carbons (Fsp3) is 0.333. The van der Waals surface area contributed by atoms with Gasteiger partial charge in [-0.3, -0.25) is 9.69 Å². The zero-order valence-electron chi connectivity index (χ0n) is 9.26. The van der Waals surface area contributed by atoms with Crippen molar-refractivity contribution in [1.82, 2.24) is 4.90 Å². The zero-order valence-corrected chi connectivity index (χ0v) is 10.9. The summed E-state index contributed by atoms with van der Waals surface area (Å²) in [7, 11) is 0. The molecule has 0 atom stereocenters. The molecular formula is C12H13NO2S2. The number of hydrogen-bond acceptors (Lipinski definition) is 4. The second kappa shape index (κ2) is 5.51. The molecule has 1 aromatic rings. The van der Waals surface area contributed by atoms with E-state index in [9.17, 15) is 9.90 Å². The van der Waals surface area contributed by atoms with E-state index in [1.165, 1.54) is 0 Å². The predicted octanol–water partition coefficient (Wildman–Crippen LogP) is 2.19. The van der Waals surface area contributed by atoms with Crippen molar-refractivity contribution in [1.29, 1.82) is 0 Å². The summed E-state index contributed by atoms with van der Waals surface area (Å²) in [5.41, 5.74) is 0.969. The van der Waals surface area contributed by atoms with Crippen LogP contribution in [0.5, 0.6) is 5.75 Å². The number of carbonyl (C=O) groups is 1. The molecule has 5 heteroatoms. The SMILES string of the molecule is O=C(CCc1cccc(O)c1)N1CCSC1=S. The summed E-state index contributed by atoms with van der Waals surface area (Å²) in [6.07, 6.45) is 1.07. The van der Waals surface area contributed by atoms with E-state index < -0.39 is 0 Å². The molecule has 1 aromatic carbocycles. The van der Waals surface area contributed by atoms with Crippen molar-refractivity contribution in [2.75, 3.05) is 12.3 Å². The van der Waals surface area contributed by atoms with Crippen molar-refractivity contribution in [2.24, 2.45) is 0 Å². The van der Waals surface area contributed by atoms with E-state index in [4.69, 9.17) is 12.2 Å². The van der Waals surface area contributed by atoms with E-state index in [1.54, 1.807) is 34.9 Å². The molecule has 0 aliphatic carbocycles. The topological polar surface area (TPSA) is 40.5 Å². The minimum Gasteiger partial charge on any atom is -0.508 e. The maximum absolute atomic E-state index is 11.9. The summed E-state index contributed by atoms with van der Waals surface area (Å²) in [6.45, 7) is 0.725. The van der Waals surface area contributed by atoms with E-state index in [0.717, 1.165) is 17.9 Å². The number of phenolic OH excluding ortho intramolecular Hbond substituents is 1. The Kier molecular flexibility index (Phi) is 4.02. The van der Waals surface area contributed by atoms with E-state index in [2.05, 4.69) is 0 Å². The van der Waals surface area contributed by atoms with Gasteiger partial charge < -0.3 is 5.11 Å². The lowest BCUT2D eigenvalue weighted by molar-refractivity contribution is -0.126. The van der Waals surface area contributed by atoms with E-state index in [1.807, 2.05) is 6.07 Å². The van der Waals surface area contributed by atoms with E-state index in [0.29, 0.717) is 17.2 Å². The smallest absolute Gasteiger partial charge is 0.228 e. The number of carbonyl (C=O) groups excluding carboxylic acids is 1. The van der Waals surface area contributed by atoms with Gasteiger partial charge in [-0.05, 0) is 24.1 Å². The van der Waals surface area contributed by atoms with Gasteiger partial charge in [-0.2, -0.15) is 0 Å². The number of thiocarbonyl (C=S) groups is 1. The number of amides is 1. The molecule has 1 aliphatic rings. The first-order chi connectivity index (χ1) is 8.16. The predicted molar refractivity (Wildman–Crippen MR) is 73.2 cm³/mol. The molecule has 1 N–H and O–H groups in total. The lowest BCUT2D eigenvalue weighted by atomic mass is 10.1. The van der Waals surface area contributed by atoms with Crippen molar-refractivity contribution in [3.63, 3.8) is 0 Å². The Labute approximate surface area is 110 Å². The first-order valence-corrected chi connectivity index (χ1v) is 6.81. The summed E-state index contributed by atoms with van der Waals surface area (Å²) < 4.78 is 0.686. The highest BCUT2D eigenvalue weighted by atomic mass is 32.2. The minimum absolute atomic E-state index is 0.0725. The van der Waals surface area contributed by atoms with E-state index in [-0.39, 0.29) is 11.7 Å². The third-order valence-electron chi connectivity index (χ3n) is 2.60. The molecule has 0 spiro atoms. The number of hydrogen-bond donors (Lipinski definition) is 1. The minimum atomic E-state index is 0.0725. The second-order valence-corrected chi connectivity index (χ2v) is 5.56. The standard InChI is InChI=1S/C12H13NO2S2/c14-10-3-1-2-9(8-10)4-5-11(15)13-6-7-17-12(13)16/h1-3,8,14H,4-7H2. The first-order valence-electron chi connectivity index (χ1n) is 5.42. The lowest BCUT2D eigenvalue weighted by Crippen LogP contribution is -2.30. The van der Waals surface area contributed by atoms with Crippen LogP contribution in [0.1, 0.15) is 12.0 Å². The lowest BCUT2D eigenvalue weighted by Gasteiger charge is -2.14. The Morgan fingerprint density at radius 3 is 3.00 bits per heavy atom. The van der Waals surface area contributed by atoms with Crippen LogP contribution in [0.3, 0.4) is 0 Å². The molecule has 0 radical (unpaired) electrons. The van der Waals surface area contributed by atoms with Gasteiger partial charge in [0.25, 0.3) is 0 Å². The highest BCUT2D eigenvalue weighted by Crippen LogP contribution is 2.19.